The molecule has 0 saturated carbocycles. The molecule has 1 aliphatic rings. The van der Waals surface area contributed by atoms with Crippen LogP contribution in [0.15, 0.2) is 23.3 Å². The SMILES string of the molecule is CN(/N=C\c1ccc2c(c1)CCC2)C(N)=O. The van der Waals surface area contributed by atoms with Gasteiger partial charge in [0.05, 0.1) is 6.21 Å². The van der Waals surface area contributed by atoms with Gasteiger partial charge < -0.3 is 5.73 Å². The van der Waals surface area contributed by atoms with Crippen LogP contribution in [-0.4, -0.2) is 24.3 Å². The number of primary amides is 1. The molecule has 2 amide bonds. The molecule has 0 aliphatic heterocycles. The van der Waals surface area contributed by atoms with Crippen LogP contribution in [0.4, 0.5) is 4.79 Å². The van der Waals surface area contributed by atoms with Crippen LogP contribution in [0.5, 0.6) is 0 Å². The normalized spacial score (nSPS) is 14.1. The second kappa shape index (κ2) is 4.35. The van der Waals surface area contributed by atoms with E-state index in [0.29, 0.717) is 0 Å². The van der Waals surface area contributed by atoms with E-state index in [1.165, 1.54) is 31.0 Å². The van der Waals surface area contributed by atoms with Gasteiger partial charge in [-0.2, -0.15) is 5.10 Å². The standard InChI is InChI=1S/C12H15N3O/c1-15(12(13)16)14-8-9-5-6-10-3-2-4-11(10)7-9/h5-8H,2-4H2,1H3,(H2,13,16)/b14-8-. The Morgan fingerprint density at radius 3 is 2.94 bits per heavy atom. The zero-order chi connectivity index (χ0) is 11.5. The summed E-state index contributed by atoms with van der Waals surface area (Å²) in [6.07, 6.45) is 5.21. The molecule has 2 N–H and O–H groups in total. The van der Waals surface area contributed by atoms with Gasteiger partial charge in [0.2, 0.25) is 0 Å². The fourth-order valence-corrected chi connectivity index (χ4v) is 1.88. The summed E-state index contributed by atoms with van der Waals surface area (Å²) >= 11 is 0. The van der Waals surface area contributed by atoms with E-state index < -0.39 is 6.03 Å². The zero-order valence-electron chi connectivity index (χ0n) is 9.31. The molecule has 4 nitrogen and oxygen atoms in total. The number of benzene rings is 1. The minimum absolute atomic E-state index is 0.558. The minimum Gasteiger partial charge on any atom is -0.350 e. The molecule has 0 aromatic heterocycles. The number of hydrogen-bond donors (Lipinski definition) is 1. The topological polar surface area (TPSA) is 58.7 Å². The molecular formula is C12H15N3O. The maximum atomic E-state index is 10.7. The number of carbonyl (C=O) groups is 1. The van der Waals surface area contributed by atoms with Crippen molar-refractivity contribution in [2.24, 2.45) is 10.8 Å². The van der Waals surface area contributed by atoms with Gasteiger partial charge in [-0.25, -0.2) is 9.80 Å². The van der Waals surface area contributed by atoms with E-state index in [1.54, 1.807) is 6.21 Å². The molecule has 0 unspecified atom stereocenters. The second-order valence-electron chi connectivity index (χ2n) is 3.99. The van der Waals surface area contributed by atoms with Gasteiger partial charge in [0.1, 0.15) is 0 Å². The highest BCUT2D eigenvalue weighted by Gasteiger charge is 2.10. The lowest BCUT2D eigenvalue weighted by Crippen LogP contribution is -2.27. The molecule has 0 saturated heterocycles. The van der Waals surface area contributed by atoms with Gasteiger partial charge in [-0.15, -0.1) is 0 Å². The summed E-state index contributed by atoms with van der Waals surface area (Å²) in [4.78, 5) is 10.7. The van der Waals surface area contributed by atoms with Crippen LogP contribution in [0.1, 0.15) is 23.1 Å². The Kier molecular flexibility index (Phi) is 2.90. The van der Waals surface area contributed by atoms with Crippen molar-refractivity contribution in [3.05, 3.63) is 34.9 Å². The number of aryl methyl sites for hydroxylation is 2. The zero-order valence-corrected chi connectivity index (χ0v) is 9.31. The van der Waals surface area contributed by atoms with Crippen LogP contribution < -0.4 is 5.73 Å². The first-order chi connectivity index (χ1) is 7.66. The summed E-state index contributed by atoms with van der Waals surface area (Å²) < 4.78 is 0. The number of urea groups is 1. The fourth-order valence-electron chi connectivity index (χ4n) is 1.88. The number of nitrogens with two attached hydrogens (primary N) is 1. The quantitative estimate of drug-likeness (QED) is 0.592. The summed E-state index contributed by atoms with van der Waals surface area (Å²) in [6, 6.07) is 5.72. The van der Waals surface area contributed by atoms with E-state index in [9.17, 15) is 4.79 Å². The van der Waals surface area contributed by atoms with Crippen LogP contribution in [0.2, 0.25) is 0 Å². The number of nitrogens with zero attached hydrogens (tertiary/aromatic N) is 2. The van der Waals surface area contributed by atoms with Gasteiger partial charge in [-0.1, -0.05) is 12.1 Å². The Labute approximate surface area is 94.7 Å². The lowest BCUT2D eigenvalue weighted by molar-refractivity contribution is 0.220. The third-order valence-electron chi connectivity index (χ3n) is 2.82. The van der Waals surface area contributed by atoms with Gasteiger partial charge in [0, 0.05) is 7.05 Å². The number of hydrogen-bond acceptors (Lipinski definition) is 2. The average molecular weight is 217 g/mol. The molecule has 0 bridgehead atoms. The first-order valence-electron chi connectivity index (χ1n) is 5.36. The third kappa shape index (κ3) is 2.21. The lowest BCUT2D eigenvalue weighted by Gasteiger charge is -2.06. The molecule has 1 aliphatic carbocycles. The van der Waals surface area contributed by atoms with Crippen LogP contribution in [0.25, 0.3) is 0 Å². The van der Waals surface area contributed by atoms with Crippen LogP contribution in [-0.2, 0) is 12.8 Å². The van der Waals surface area contributed by atoms with Crippen LogP contribution in [0, 0.1) is 0 Å². The summed E-state index contributed by atoms with van der Waals surface area (Å²) in [5.41, 5.74) is 8.90. The van der Waals surface area contributed by atoms with E-state index in [1.807, 2.05) is 6.07 Å². The Morgan fingerprint density at radius 2 is 2.19 bits per heavy atom. The van der Waals surface area contributed by atoms with Crippen molar-refractivity contribution in [1.82, 2.24) is 5.01 Å². The number of hydrazone groups is 1. The highest BCUT2D eigenvalue weighted by atomic mass is 16.2. The monoisotopic (exact) mass is 217 g/mol. The van der Waals surface area contributed by atoms with Crippen molar-refractivity contribution in [2.75, 3.05) is 7.05 Å². The van der Waals surface area contributed by atoms with E-state index in [2.05, 4.69) is 17.2 Å². The summed E-state index contributed by atoms with van der Waals surface area (Å²) in [6.45, 7) is 0. The molecule has 0 atom stereocenters. The predicted octanol–water partition coefficient (Wildman–Crippen LogP) is 1.52. The highest BCUT2D eigenvalue weighted by Crippen LogP contribution is 2.22. The van der Waals surface area contributed by atoms with Gasteiger partial charge in [-0.3, -0.25) is 0 Å². The Bertz CT molecular complexity index is 440. The second-order valence-corrected chi connectivity index (χ2v) is 3.99. The third-order valence-corrected chi connectivity index (χ3v) is 2.82. The van der Waals surface area contributed by atoms with Gasteiger partial charge >= 0.3 is 6.03 Å². The summed E-state index contributed by atoms with van der Waals surface area (Å²) in [5.74, 6) is 0. The largest absolute Gasteiger partial charge is 0.350 e. The van der Waals surface area contributed by atoms with Crippen molar-refractivity contribution in [3.63, 3.8) is 0 Å². The van der Waals surface area contributed by atoms with Crippen LogP contribution >= 0.6 is 0 Å². The maximum Gasteiger partial charge on any atom is 0.334 e. The smallest absolute Gasteiger partial charge is 0.334 e. The van der Waals surface area contributed by atoms with Gasteiger partial charge in [0.15, 0.2) is 0 Å². The number of amides is 2. The lowest BCUT2D eigenvalue weighted by atomic mass is 10.1. The number of carbonyl (C=O) groups excluding carboxylic acids is 1. The first kappa shape index (κ1) is 10.7. The van der Waals surface area contributed by atoms with Crippen molar-refractivity contribution >= 4 is 12.2 Å². The molecule has 0 heterocycles. The van der Waals surface area contributed by atoms with Gasteiger partial charge in [0.25, 0.3) is 0 Å². The molecule has 0 fully saturated rings. The Morgan fingerprint density at radius 1 is 1.44 bits per heavy atom. The predicted molar refractivity (Wildman–Crippen MR) is 63.4 cm³/mol. The fraction of sp³-hybridized carbons (Fsp3) is 0.333. The Balaban J connectivity index is 2.13. The molecule has 1 aromatic rings. The number of fused-ring (bicyclic) bond motifs is 1. The van der Waals surface area contributed by atoms with Crippen molar-refractivity contribution < 1.29 is 4.79 Å². The highest BCUT2D eigenvalue weighted by molar-refractivity contribution is 5.81. The van der Waals surface area contributed by atoms with E-state index in [0.717, 1.165) is 17.0 Å². The van der Waals surface area contributed by atoms with Crippen molar-refractivity contribution in [3.8, 4) is 0 Å². The van der Waals surface area contributed by atoms with Crippen LogP contribution in [0.3, 0.4) is 0 Å². The molecule has 4 heteroatoms. The molecule has 2 rings (SSSR count). The number of rotatable bonds is 2. The molecule has 0 spiro atoms. The minimum atomic E-state index is -0.558. The van der Waals surface area contributed by atoms with Crippen molar-refractivity contribution in [2.45, 2.75) is 19.3 Å². The molecule has 16 heavy (non-hydrogen) atoms. The van der Waals surface area contributed by atoms with Crippen molar-refractivity contribution in [1.29, 1.82) is 0 Å². The van der Waals surface area contributed by atoms with E-state index in [-0.39, 0.29) is 0 Å². The molecule has 84 valence electrons. The molecular weight excluding hydrogens is 202 g/mol. The molecule has 1 aromatic carbocycles. The van der Waals surface area contributed by atoms with E-state index >= 15 is 0 Å². The average Bonchev–Trinajstić information content (AvgIpc) is 2.72. The first-order valence-corrected chi connectivity index (χ1v) is 5.36. The summed E-state index contributed by atoms with van der Waals surface area (Å²) in [7, 11) is 1.53. The maximum absolute atomic E-state index is 10.7. The Hall–Kier alpha value is -1.84. The summed E-state index contributed by atoms with van der Waals surface area (Å²) in [5, 5.41) is 5.07. The van der Waals surface area contributed by atoms with E-state index in [4.69, 9.17) is 5.73 Å². The molecule has 0 radical (unpaired) electrons. The van der Waals surface area contributed by atoms with Gasteiger partial charge in [-0.05, 0) is 42.0 Å².